The highest BCUT2D eigenvalue weighted by molar-refractivity contribution is 5.94. The molecule has 2 aromatic heterocycles. The molecule has 4 aromatic rings. The van der Waals surface area contributed by atoms with E-state index in [1.165, 1.54) is 18.4 Å². The number of ether oxygens (including phenoxy) is 1. The van der Waals surface area contributed by atoms with Crippen molar-refractivity contribution >= 4 is 34.0 Å². The first-order chi connectivity index (χ1) is 16.3. The van der Waals surface area contributed by atoms with Crippen LogP contribution in [0.25, 0.3) is 10.9 Å². The van der Waals surface area contributed by atoms with Crippen LogP contribution in [0.1, 0.15) is 35.9 Å². The summed E-state index contributed by atoms with van der Waals surface area (Å²) in [5.74, 6) is 1.82. The topological polar surface area (TPSA) is 96.9 Å². The maximum atomic E-state index is 5.65. The molecule has 1 aliphatic heterocycles. The van der Waals surface area contributed by atoms with Crippen LogP contribution in [0.3, 0.4) is 0 Å². The Kier molecular flexibility index (Phi) is 5.29. The van der Waals surface area contributed by atoms with Crippen LogP contribution in [-0.4, -0.2) is 39.9 Å². The summed E-state index contributed by atoms with van der Waals surface area (Å²) in [6.07, 6.45) is 5.94. The fourth-order valence-electron chi connectivity index (χ4n) is 4.35. The van der Waals surface area contributed by atoms with E-state index in [1.807, 2.05) is 24.3 Å². The highest BCUT2D eigenvalue weighted by Crippen LogP contribution is 2.43. The summed E-state index contributed by atoms with van der Waals surface area (Å²) in [6, 6.07) is 16.5. The zero-order valence-electron chi connectivity index (χ0n) is 18.2. The highest BCUT2D eigenvalue weighted by Gasteiger charge is 2.26. The number of nitrogens with one attached hydrogen (secondary N) is 3. The molecule has 1 atom stereocenters. The molecule has 3 heterocycles. The van der Waals surface area contributed by atoms with Crippen LogP contribution in [0.15, 0.2) is 60.9 Å². The molecule has 8 nitrogen and oxygen atoms in total. The minimum absolute atomic E-state index is 0.138. The van der Waals surface area contributed by atoms with Crippen molar-refractivity contribution in [1.82, 2.24) is 25.5 Å². The van der Waals surface area contributed by atoms with Crippen LogP contribution in [-0.2, 0) is 4.74 Å². The minimum Gasteiger partial charge on any atom is -0.378 e. The van der Waals surface area contributed by atoms with E-state index in [2.05, 4.69) is 55.4 Å². The summed E-state index contributed by atoms with van der Waals surface area (Å²) in [7, 11) is 0. The molecule has 6 rings (SSSR count). The number of benzene rings is 2. The van der Waals surface area contributed by atoms with E-state index in [4.69, 9.17) is 9.72 Å². The Labute approximate surface area is 191 Å². The number of hydrogen-bond donors (Lipinski definition) is 3. The molecule has 2 aliphatic rings. The van der Waals surface area contributed by atoms with Crippen LogP contribution in [0.5, 0.6) is 0 Å². The molecule has 0 amide bonds. The largest absolute Gasteiger partial charge is 0.378 e. The Balaban J connectivity index is 1.27. The maximum absolute atomic E-state index is 5.65. The van der Waals surface area contributed by atoms with E-state index >= 15 is 0 Å². The van der Waals surface area contributed by atoms with Crippen LogP contribution in [0, 0.1) is 0 Å². The predicted molar refractivity (Wildman–Crippen MR) is 128 cm³/mol. The Morgan fingerprint density at radius 3 is 2.73 bits per heavy atom. The van der Waals surface area contributed by atoms with Gasteiger partial charge in [-0.15, -0.1) is 0 Å². The van der Waals surface area contributed by atoms with Gasteiger partial charge in [-0.2, -0.15) is 15.2 Å². The number of rotatable bonds is 6. The van der Waals surface area contributed by atoms with Gasteiger partial charge in [0.25, 0.3) is 0 Å². The molecule has 8 heteroatoms. The zero-order valence-corrected chi connectivity index (χ0v) is 18.2. The molecular weight excluding hydrogens is 414 g/mol. The summed E-state index contributed by atoms with van der Waals surface area (Å²) >= 11 is 0. The van der Waals surface area contributed by atoms with Gasteiger partial charge in [-0.3, -0.25) is 0 Å². The van der Waals surface area contributed by atoms with Crippen LogP contribution in [0.2, 0.25) is 0 Å². The number of anilines is 4. The molecule has 0 spiro atoms. The van der Waals surface area contributed by atoms with E-state index in [0.29, 0.717) is 24.3 Å². The van der Waals surface area contributed by atoms with E-state index in [1.54, 1.807) is 12.4 Å². The number of hydrogen-bond acceptors (Lipinski definition) is 8. The first-order valence-corrected chi connectivity index (χ1v) is 11.4. The SMILES string of the molecule is c1ccc(C2COCCN2)c(Nc2nccc(Nc3cnnc4c(C5CC5)cccc34)n2)c1. The van der Waals surface area contributed by atoms with Crippen molar-refractivity contribution in [3.63, 3.8) is 0 Å². The summed E-state index contributed by atoms with van der Waals surface area (Å²) in [5.41, 5.74) is 5.23. The Morgan fingerprint density at radius 2 is 1.85 bits per heavy atom. The molecule has 1 aliphatic carbocycles. The fraction of sp³-hybridized carbons (Fsp3) is 0.280. The van der Waals surface area contributed by atoms with E-state index < -0.39 is 0 Å². The van der Waals surface area contributed by atoms with Crippen molar-refractivity contribution < 1.29 is 4.74 Å². The summed E-state index contributed by atoms with van der Waals surface area (Å²) in [6.45, 7) is 2.22. The standard InChI is InChI=1S/C25H25N7O/c1-2-7-20(18(4-1)22-15-33-13-12-26-22)30-25-27-11-10-23(31-25)29-21-14-28-32-24-17(16-8-9-16)5-3-6-19(21)24/h1-7,10-11,14,16,22,26H,8-9,12-13,15H2,(H2,27,29,30,31,32). The molecule has 166 valence electrons. The second kappa shape index (κ2) is 8.73. The normalized spacial score (nSPS) is 18.2. The van der Waals surface area contributed by atoms with Crippen LogP contribution < -0.4 is 16.0 Å². The molecular formula is C25H25N7O. The van der Waals surface area contributed by atoms with E-state index in [9.17, 15) is 0 Å². The maximum Gasteiger partial charge on any atom is 0.229 e. The summed E-state index contributed by atoms with van der Waals surface area (Å²) in [4.78, 5) is 9.12. The lowest BCUT2D eigenvalue weighted by Gasteiger charge is -2.26. The lowest BCUT2D eigenvalue weighted by Crippen LogP contribution is -2.34. The van der Waals surface area contributed by atoms with Gasteiger partial charge >= 0.3 is 0 Å². The van der Waals surface area contributed by atoms with E-state index in [0.717, 1.165) is 41.0 Å². The fourth-order valence-corrected chi connectivity index (χ4v) is 4.35. The average Bonchev–Trinajstić information content (AvgIpc) is 3.71. The predicted octanol–water partition coefficient (Wildman–Crippen LogP) is 4.45. The monoisotopic (exact) mass is 439 g/mol. The second-order valence-corrected chi connectivity index (χ2v) is 8.46. The van der Waals surface area contributed by atoms with Gasteiger partial charge in [0.15, 0.2) is 0 Å². The van der Waals surface area contributed by atoms with Gasteiger partial charge in [0, 0.05) is 23.8 Å². The highest BCUT2D eigenvalue weighted by atomic mass is 16.5. The number of para-hydroxylation sites is 1. The lowest BCUT2D eigenvalue weighted by atomic mass is 10.0. The molecule has 2 aromatic carbocycles. The van der Waals surface area contributed by atoms with Gasteiger partial charge in [0.2, 0.25) is 5.95 Å². The first-order valence-electron chi connectivity index (χ1n) is 11.4. The number of morpholine rings is 1. The zero-order chi connectivity index (χ0) is 22.0. The Bertz CT molecular complexity index is 1280. The van der Waals surface area contributed by atoms with Gasteiger partial charge in [-0.05, 0) is 42.0 Å². The average molecular weight is 440 g/mol. The van der Waals surface area contributed by atoms with Gasteiger partial charge < -0.3 is 20.7 Å². The third-order valence-corrected chi connectivity index (χ3v) is 6.14. The van der Waals surface area contributed by atoms with E-state index in [-0.39, 0.29) is 6.04 Å². The van der Waals surface area contributed by atoms with Crippen molar-refractivity contribution in [3.05, 3.63) is 72.1 Å². The Hall–Kier alpha value is -3.62. The molecule has 1 unspecified atom stereocenters. The van der Waals surface area contributed by atoms with Crippen molar-refractivity contribution in [2.24, 2.45) is 0 Å². The summed E-state index contributed by atoms with van der Waals surface area (Å²) in [5, 5.41) is 20.0. The van der Waals surface area contributed by atoms with Gasteiger partial charge in [0.05, 0.1) is 36.7 Å². The molecule has 0 radical (unpaired) electrons. The molecule has 0 bridgehead atoms. The van der Waals surface area contributed by atoms with Crippen molar-refractivity contribution in [2.75, 3.05) is 30.4 Å². The van der Waals surface area contributed by atoms with Gasteiger partial charge in [-0.1, -0.05) is 36.4 Å². The molecule has 33 heavy (non-hydrogen) atoms. The molecule has 1 saturated heterocycles. The lowest BCUT2D eigenvalue weighted by molar-refractivity contribution is 0.0771. The molecule has 1 saturated carbocycles. The summed E-state index contributed by atoms with van der Waals surface area (Å²) < 4.78 is 5.65. The second-order valence-electron chi connectivity index (χ2n) is 8.46. The number of nitrogens with zero attached hydrogens (tertiary/aromatic N) is 4. The van der Waals surface area contributed by atoms with Gasteiger partial charge in [0.1, 0.15) is 5.82 Å². The quantitative estimate of drug-likeness (QED) is 0.406. The number of fused-ring (bicyclic) bond motifs is 1. The van der Waals surface area contributed by atoms with Crippen LogP contribution >= 0.6 is 0 Å². The van der Waals surface area contributed by atoms with Crippen molar-refractivity contribution in [2.45, 2.75) is 24.8 Å². The molecule has 3 N–H and O–H groups in total. The molecule has 2 fully saturated rings. The van der Waals surface area contributed by atoms with Gasteiger partial charge in [-0.25, -0.2) is 4.98 Å². The minimum atomic E-state index is 0.138. The Morgan fingerprint density at radius 1 is 0.939 bits per heavy atom. The third-order valence-electron chi connectivity index (χ3n) is 6.14. The van der Waals surface area contributed by atoms with Crippen LogP contribution in [0.4, 0.5) is 23.1 Å². The third kappa shape index (κ3) is 4.22. The van der Waals surface area contributed by atoms with Crippen molar-refractivity contribution in [1.29, 1.82) is 0 Å². The smallest absolute Gasteiger partial charge is 0.229 e. The number of aromatic nitrogens is 4. The van der Waals surface area contributed by atoms with Crippen molar-refractivity contribution in [3.8, 4) is 0 Å². The first kappa shape index (κ1) is 20.0.